The number of hydrogen-bond donors (Lipinski definition) is 1. The first-order valence-electron chi connectivity index (χ1n) is 6.32. The Hall–Kier alpha value is -1.77. The van der Waals surface area contributed by atoms with E-state index in [1.807, 2.05) is 0 Å². The summed E-state index contributed by atoms with van der Waals surface area (Å²) >= 11 is 0. The van der Waals surface area contributed by atoms with Crippen molar-refractivity contribution in [1.82, 2.24) is 19.5 Å². The molecule has 3 heterocycles. The first kappa shape index (κ1) is 13.2. The van der Waals surface area contributed by atoms with E-state index in [-0.39, 0.29) is 24.0 Å². The van der Waals surface area contributed by atoms with Crippen LogP contribution in [-0.4, -0.2) is 52.6 Å². The van der Waals surface area contributed by atoms with Gasteiger partial charge in [-0.15, -0.1) is 0 Å². The number of aromatic amines is 1. The van der Waals surface area contributed by atoms with Gasteiger partial charge in [-0.3, -0.25) is 9.36 Å². The van der Waals surface area contributed by atoms with Crippen LogP contribution in [0.25, 0.3) is 11.2 Å². The molecule has 0 aliphatic carbocycles. The molecule has 1 fully saturated rings. The van der Waals surface area contributed by atoms with Crippen LogP contribution in [0, 0.1) is 0 Å². The van der Waals surface area contributed by atoms with Gasteiger partial charge in [0, 0.05) is 20.6 Å². The first-order chi connectivity index (χ1) is 9.74. The third kappa shape index (κ3) is 2.11. The standard InChI is InChI=1S/C12H16N4O4/c1-18-4-7-3-8(19-2)12(20-7)16-6-15-9-10(16)13-5-14-11(9)17/h5-8,12H,3-4H2,1-2H3,(H,13,14,17). The maximum Gasteiger partial charge on any atom is 0.278 e. The highest BCUT2D eigenvalue weighted by atomic mass is 16.6. The normalized spacial score (nSPS) is 26.4. The summed E-state index contributed by atoms with van der Waals surface area (Å²) in [7, 11) is 3.27. The summed E-state index contributed by atoms with van der Waals surface area (Å²) in [4.78, 5) is 22.4. The van der Waals surface area contributed by atoms with Gasteiger partial charge in [0.15, 0.2) is 17.4 Å². The van der Waals surface area contributed by atoms with Crippen LogP contribution >= 0.6 is 0 Å². The number of imidazole rings is 1. The molecule has 0 aromatic carbocycles. The second-order valence-corrected chi connectivity index (χ2v) is 4.67. The van der Waals surface area contributed by atoms with Crippen molar-refractivity contribution in [2.75, 3.05) is 20.8 Å². The van der Waals surface area contributed by atoms with Crippen LogP contribution in [0.5, 0.6) is 0 Å². The zero-order chi connectivity index (χ0) is 14.1. The molecule has 8 heteroatoms. The SMILES string of the molecule is COCC1CC(OC)C(n2cnc3c(=O)[nH]cnc32)O1. The van der Waals surface area contributed by atoms with E-state index in [2.05, 4.69) is 15.0 Å². The summed E-state index contributed by atoms with van der Waals surface area (Å²) in [6, 6.07) is 0. The summed E-state index contributed by atoms with van der Waals surface area (Å²) in [6.07, 6.45) is 3.09. The average molecular weight is 280 g/mol. The molecule has 1 saturated heterocycles. The van der Waals surface area contributed by atoms with Gasteiger partial charge >= 0.3 is 0 Å². The topological polar surface area (TPSA) is 91.3 Å². The van der Waals surface area contributed by atoms with Gasteiger partial charge in [0.25, 0.3) is 5.56 Å². The Morgan fingerprint density at radius 3 is 3.10 bits per heavy atom. The maximum absolute atomic E-state index is 11.7. The van der Waals surface area contributed by atoms with Crippen LogP contribution in [0.1, 0.15) is 12.6 Å². The van der Waals surface area contributed by atoms with Crippen molar-refractivity contribution in [2.24, 2.45) is 0 Å². The molecule has 1 aliphatic heterocycles. The zero-order valence-corrected chi connectivity index (χ0v) is 11.3. The van der Waals surface area contributed by atoms with Crippen LogP contribution < -0.4 is 5.56 Å². The van der Waals surface area contributed by atoms with Gasteiger partial charge in [-0.25, -0.2) is 9.97 Å². The lowest BCUT2D eigenvalue weighted by Crippen LogP contribution is -2.21. The molecule has 20 heavy (non-hydrogen) atoms. The van der Waals surface area contributed by atoms with Crippen molar-refractivity contribution in [3.63, 3.8) is 0 Å². The van der Waals surface area contributed by atoms with Gasteiger partial charge < -0.3 is 19.2 Å². The molecule has 0 saturated carbocycles. The number of rotatable bonds is 4. The summed E-state index contributed by atoms with van der Waals surface area (Å²) in [5.41, 5.74) is 0.508. The molecule has 0 bridgehead atoms. The van der Waals surface area contributed by atoms with E-state index in [1.54, 1.807) is 25.1 Å². The molecule has 2 aromatic heterocycles. The Bertz CT molecular complexity index is 652. The minimum atomic E-state index is -0.362. The van der Waals surface area contributed by atoms with Crippen LogP contribution in [0.2, 0.25) is 0 Å². The van der Waals surface area contributed by atoms with Gasteiger partial charge in [-0.1, -0.05) is 0 Å². The Kier molecular flexibility index (Phi) is 3.51. The van der Waals surface area contributed by atoms with Crippen molar-refractivity contribution < 1.29 is 14.2 Å². The third-order valence-corrected chi connectivity index (χ3v) is 3.44. The summed E-state index contributed by atoms with van der Waals surface area (Å²) in [5.74, 6) is 0. The fourth-order valence-corrected chi connectivity index (χ4v) is 2.52. The average Bonchev–Trinajstić information content (AvgIpc) is 3.03. The van der Waals surface area contributed by atoms with Crippen molar-refractivity contribution in [2.45, 2.75) is 24.9 Å². The molecule has 108 valence electrons. The van der Waals surface area contributed by atoms with Crippen molar-refractivity contribution in [3.8, 4) is 0 Å². The van der Waals surface area contributed by atoms with Gasteiger partial charge in [0.2, 0.25) is 0 Å². The fraction of sp³-hybridized carbons (Fsp3) is 0.583. The lowest BCUT2D eigenvalue weighted by molar-refractivity contribution is -0.0625. The molecular weight excluding hydrogens is 264 g/mol. The molecule has 3 rings (SSSR count). The number of methoxy groups -OCH3 is 2. The summed E-state index contributed by atoms with van der Waals surface area (Å²) < 4.78 is 18.2. The molecule has 2 aromatic rings. The van der Waals surface area contributed by atoms with Crippen molar-refractivity contribution in [3.05, 3.63) is 23.0 Å². The predicted octanol–water partition coefficient (Wildman–Crippen LogP) is 0.0685. The largest absolute Gasteiger partial charge is 0.382 e. The first-order valence-corrected chi connectivity index (χ1v) is 6.32. The van der Waals surface area contributed by atoms with Crippen LogP contribution in [0.4, 0.5) is 0 Å². The molecule has 0 radical (unpaired) electrons. The number of nitrogens with zero attached hydrogens (tertiary/aromatic N) is 3. The number of hydrogen-bond acceptors (Lipinski definition) is 6. The van der Waals surface area contributed by atoms with Crippen LogP contribution in [0.15, 0.2) is 17.4 Å². The quantitative estimate of drug-likeness (QED) is 0.852. The molecule has 3 unspecified atom stereocenters. The van der Waals surface area contributed by atoms with E-state index in [1.165, 1.54) is 6.33 Å². The Morgan fingerprint density at radius 2 is 2.35 bits per heavy atom. The molecule has 0 amide bonds. The fourth-order valence-electron chi connectivity index (χ4n) is 2.52. The summed E-state index contributed by atoms with van der Waals surface area (Å²) in [6.45, 7) is 0.497. The van der Waals surface area contributed by atoms with E-state index < -0.39 is 0 Å². The molecule has 0 spiro atoms. The lowest BCUT2D eigenvalue weighted by atomic mass is 10.2. The minimum Gasteiger partial charge on any atom is -0.382 e. The molecule has 3 atom stereocenters. The second kappa shape index (κ2) is 5.31. The van der Waals surface area contributed by atoms with Crippen molar-refractivity contribution in [1.29, 1.82) is 0 Å². The van der Waals surface area contributed by atoms with Gasteiger partial charge in [0.1, 0.15) is 6.10 Å². The number of aromatic nitrogens is 4. The Balaban J connectivity index is 1.97. The molecule has 8 nitrogen and oxygen atoms in total. The Morgan fingerprint density at radius 1 is 1.50 bits per heavy atom. The van der Waals surface area contributed by atoms with E-state index >= 15 is 0 Å². The maximum atomic E-state index is 11.7. The van der Waals surface area contributed by atoms with Gasteiger partial charge in [-0.2, -0.15) is 0 Å². The van der Waals surface area contributed by atoms with E-state index in [9.17, 15) is 4.79 Å². The van der Waals surface area contributed by atoms with Gasteiger partial charge in [0.05, 0.1) is 25.4 Å². The lowest BCUT2D eigenvalue weighted by Gasteiger charge is -2.18. The van der Waals surface area contributed by atoms with E-state index in [0.29, 0.717) is 17.8 Å². The molecule has 1 aliphatic rings. The van der Waals surface area contributed by atoms with Gasteiger partial charge in [-0.05, 0) is 0 Å². The highest BCUT2D eigenvalue weighted by molar-refractivity contribution is 5.68. The predicted molar refractivity (Wildman–Crippen MR) is 69.3 cm³/mol. The number of nitrogens with one attached hydrogen (secondary N) is 1. The second-order valence-electron chi connectivity index (χ2n) is 4.67. The summed E-state index contributed by atoms with van der Waals surface area (Å²) in [5, 5.41) is 0. The smallest absolute Gasteiger partial charge is 0.278 e. The van der Waals surface area contributed by atoms with Crippen molar-refractivity contribution >= 4 is 11.2 Å². The number of fused-ring (bicyclic) bond motifs is 1. The number of ether oxygens (including phenoxy) is 3. The van der Waals surface area contributed by atoms with Crippen LogP contribution in [0.3, 0.4) is 0 Å². The number of H-pyrrole nitrogens is 1. The van der Waals surface area contributed by atoms with E-state index in [4.69, 9.17) is 14.2 Å². The zero-order valence-electron chi connectivity index (χ0n) is 11.3. The van der Waals surface area contributed by atoms with E-state index in [0.717, 1.165) is 6.42 Å². The monoisotopic (exact) mass is 280 g/mol. The highest BCUT2D eigenvalue weighted by Gasteiger charge is 2.37. The third-order valence-electron chi connectivity index (χ3n) is 3.44. The highest BCUT2D eigenvalue weighted by Crippen LogP contribution is 2.32. The molecular formula is C12H16N4O4. The molecule has 1 N–H and O–H groups in total. The van der Waals surface area contributed by atoms with Crippen LogP contribution in [-0.2, 0) is 14.2 Å². The minimum absolute atomic E-state index is 0.0469. The Labute approximate surface area is 114 Å².